The normalized spacial score (nSPS) is 17.9. The fourth-order valence-electron chi connectivity index (χ4n) is 3.39. The lowest BCUT2D eigenvalue weighted by molar-refractivity contribution is 0.0535. The van der Waals surface area contributed by atoms with Crippen LogP contribution in [0.5, 0.6) is 0 Å². The van der Waals surface area contributed by atoms with Gasteiger partial charge in [0.05, 0.1) is 4.58 Å². The van der Waals surface area contributed by atoms with Crippen molar-refractivity contribution in [3.63, 3.8) is 0 Å². The van der Waals surface area contributed by atoms with Crippen molar-refractivity contribution in [2.75, 3.05) is 37.7 Å². The first-order valence-electron chi connectivity index (χ1n) is 9.19. The summed E-state index contributed by atoms with van der Waals surface area (Å²) < 4.78 is 0.502. The molecule has 0 bridgehead atoms. The van der Waals surface area contributed by atoms with E-state index in [-0.39, 0.29) is 11.8 Å². The van der Waals surface area contributed by atoms with Gasteiger partial charge in [-0.05, 0) is 29.8 Å². The Kier molecular flexibility index (Phi) is 5.74. The van der Waals surface area contributed by atoms with Gasteiger partial charge >= 0.3 is 0 Å². The molecule has 2 amide bonds. The van der Waals surface area contributed by atoms with Gasteiger partial charge in [-0.2, -0.15) is 0 Å². The summed E-state index contributed by atoms with van der Waals surface area (Å²) in [6, 6.07) is 17.4. The van der Waals surface area contributed by atoms with E-state index in [1.807, 2.05) is 75.8 Å². The van der Waals surface area contributed by atoms with Crippen LogP contribution in [-0.2, 0) is 0 Å². The van der Waals surface area contributed by atoms with Crippen LogP contribution >= 0.6 is 23.5 Å². The Balaban J connectivity index is 1.35. The highest BCUT2D eigenvalue weighted by atomic mass is 32.2. The summed E-state index contributed by atoms with van der Waals surface area (Å²) in [5.74, 6) is 2.49. The Morgan fingerprint density at radius 1 is 0.704 bits per heavy atom. The molecule has 2 aliphatic heterocycles. The third-order valence-corrected chi connectivity index (χ3v) is 8.03. The Morgan fingerprint density at radius 2 is 1.19 bits per heavy atom. The summed E-state index contributed by atoms with van der Waals surface area (Å²) in [4.78, 5) is 29.0. The molecule has 0 spiro atoms. The first-order chi connectivity index (χ1) is 13.2. The molecule has 0 atom stereocenters. The third-order valence-electron chi connectivity index (χ3n) is 4.93. The molecule has 4 rings (SSSR count). The number of amides is 2. The fraction of sp³-hybridized carbons (Fsp3) is 0.333. The summed E-state index contributed by atoms with van der Waals surface area (Å²) in [6.45, 7) is 2.31. The van der Waals surface area contributed by atoms with Crippen LogP contribution in [0, 0.1) is 0 Å². The number of carbonyl (C=O) groups is 2. The molecule has 2 aliphatic rings. The van der Waals surface area contributed by atoms with Gasteiger partial charge in [0.1, 0.15) is 0 Å². The predicted octanol–water partition coefficient (Wildman–Crippen LogP) is 3.76. The molecule has 0 unspecified atom stereocenters. The molecule has 2 heterocycles. The van der Waals surface area contributed by atoms with Gasteiger partial charge in [-0.25, -0.2) is 0 Å². The maximum absolute atomic E-state index is 12.8. The van der Waals surface area contributed by atoms with E-state index in [4.69, 9.17) is 0 Å². The van der Waals surface area contributed by atoms with E-state index in [1.54, 1.807) is 0 Å². The van der Waals surface area contributed by atoms with Gasteiger partial charge in [-0.3, -0.25) is 9.59 Å². The number of hydrogen-bond acceptors (Lipinski definition) is 4. The zero-order valence-electron chi connectivity index (χ0n) is 15.0. The second-order valence-corrected chi connectivity index (χ2v) is 9.37. The van der Waals surface area contributed by atoms with Gasteiger partial charge in [0.2, 0.25) is 0 Å². The average Bonchev–Trinajstić information content (AvgIpc) is 3.28. The highest BCUT2D eigenvalue weighted by Crippen LogP contribution is 2.45. The Morgan fingerprint density at radius 3 is 1.70 bits per heavy atom. The van der Waals surface area contributed by atoms with E-state index in [0.29, 0.717) is 36.3 Å². The van der Waals surface area contributed by atoms with E-state index in [0.717, 1.165) is 5.56 Å². The van der Waals surface area contributed by atoms with E-state index in [9.17, 15) is 9.59 Å². The number of thioether (sulfide) groups is 2. The van der Waals surface area contributed by atoms with Gasteiger partial charge in [-0.15, -0.1) is 23.5 Å². The lowest BCUT2D eigenvalue weighted by Crippen LogP contribution is -2.50. The number of piperazine rings is 1. The molecule has 0 radical (unpaired) electrons. The highest BCUT2D eigenvalue weighted by molar-refractivity contribution is 8.19. The molecule has 2 saturated heterocycles. The van der Waals surface area contributed by atoms with Crippen LogP contribution in [0.1, 0.15) is 30.9 Å². The van der Waals surface area contributed by atoms with Gasteiger partial charge in [-0.1, -0.05) is 30.3 Å². The smallest absolute Gasteiger partial charge is 0.253 e. The molecule has 0 N–H and O–H groups in total. The molecular weight excluding hydrogens is 376 g/mol. The molecule has 6 heteroatoms. The molecule has 140 valence electrons. The molecule has 2 aromatic rings. The van der Waals surface area contributed by atoms with Crippen molar-refractivity contribution < 1.29 is 9.59 Å². The summed E-state index contributed by atoms with van der Waals surface area (Å²) in [6.07, 6.45) is 0. The summed E-state index contributed by atoms with van der Waals surface area (Å²) in [5, 5.41) is 0. The number of hydrogen-bond donors (Lipinski definition) is 0. The predicted molar refractivity (Wildman–Crippen MR) is 112 cm³/mol. The van der Waals surface area contributed by atoms with Crippen LogP contribution in [0.2, 0.25) is 0 Å². The molecule has 0 aromatic heterocycles. The zero-order valence-corrected chi connectivity index (χ0v) is 16.7. The topological polar surface area (TPSA) is 40.6 Å². The van der Waals surface area contributed by atoms with Gasteiger partial charge < -0.3 is 9.80 Å². The van der Waals surface area contributed by atoms with Crippen molar-refractivity contribution >= 4 is 35.3 Å². The fourth-order valence-corrected chi connectivity index (χ4v) is 6.25. The summed E-state index contributed by atoms with van der Waals surface area (Å²) in [7, 11) is 0. The quantitative estimate of drug-likeness (QED) is 0.789. The van der Waals surface area contributed by atoms with Crippen molar-refractivity contribution in [2.24, 2.45) is 0 Å². The maximum atomic E-state index is 12.8. The second-order valence-electron chi connectivity index (χ2n) is 6.65. The molecule has 0 aliphatic carbocycles. The minimum absolute atomic E-state index is 0.0404. The first kappa shape index (κ1) is 18.4. The molecule has 0 saturated carbocycles. The minimum Gasteiger partial charge on any atom is -0.335 e. The van der Waals surface area contributed by atoms with E-state index in [1.165, 1.54) is 17.1 Å². The van der Waals surface area contributed by atoms with E-state index >= 15 is 0 Å². The van der Waals surface area contributed by atoms with E-state index in [2.05, 4.69) is 12.1 Å². The second kappa shape index (κ2) is 8.40. The monoisotopic (exact) mass is 398 g/mol. The Hall–Kier alpha value is -1.92. The highest BCUT2D eigenvalue weighted by Gasteiger charge is 2.26. The molecule has 2 aromatic carbocycles. The third kappa shape index (κ3) is 4.17. The largest absolute Gasteiger partial charge is 0.335 e. The summed E-state index contributed by atoms with van der Waals surface area (Å²) >= 11 is 3.94. The van der Waals surface area contributed by atoms with Crippen LogP contribution in [0.15, 0.2) is 54.6 Å². The van der Waals surface area contributed by atoms with Crippen molar-refractivity contribution in [2.45, 2.75) is 4.58 Å². The van der Waals surface area contributed by atoms with Crippen LogP contribution in [0.3, 0.4) is 0 Å². The molecule has 4 nitrogen and oxygen atoms in total. The molecule has 27 heavy (non-hydrogen) atoms. The van der Waals surface area contributed by atoms with E-state index < -0.39 is 0 Å². The Bertz CT molecular complexity index is 797. The number of carbonyl (C=O) groups excluding carboxylic acids is 2. The summed E-state index contributed by atoms with van der Waals surface area (Å²) in [5.41, 5.74) is 2.72. The average molecular weight is 399 g/mol. The Labute approximate surface area is 168 Å². The number of rotatable bonds is 3. The SMILES string of the molecule is O=C(c1ccccc1)N1CCN(C(=O)c2ccc(C3SCCS3)cc2)CC1. The van der Waals surface area contributed by atoms with Crippen LogP contribution in [-0.4, -0.2) is 59.3 Å². The van der Waals surface area contributed by atoms with Gasteiger partial charge in [0.25, 0.3) is 11.8 Å². The number of nitrogens with zero attached hydrogens (tertiary/aromatic N) is 2. The lowest BCUT2D eigenvalue weighted by atomic mass is 10.1. The van der Waals surface area contributed by atoms with Crippen LogP contribution < -0.4 is 0 Å². The van der Waals surface area contributed by atoms with Crippen molar-refractivity contribution in [1.29, 1.82) is 0 Å². The molecule has 2 fully saturated rings. The minimum atomic E-state index is 0.0404. The lowest BCUT2D eigenvalue weighted by Gasteiger charge is -2.35. The standard InChI is InChI=1S/C21H22N2O2S2/c24-19(16-4-2-1-3-5-16)22-10-12-23(13-11-22)20(25)17-6-8-18(9-7-17)21-26-14-15-27-21/h1-9,21H,10-15H2. The van der Waals surface area contributed by atoms with Crippen molar-refractivity contribution in [1.82, 2.24) is 9.80 Å². The van der Waals surface area contributed by atoms with Crippen molar-refractivity contribution in [3.8, 4) is 0 Å². The molecular formula is C21H22N2O2S2. The van der Waals surface area contributed by atoms with Crippen LogP contribution in [0.25, 0.3) is 0 Å². The zero-order chi connectivity index (χ0) is 18.6. The van der Waals surface area contributed by atoms with Crippen LogP contribution in [0.4, 0.5) is 0 Å². The number of benzene rings is 2. The van der Waals surface area contributed by atoms with Gasteiger partial charge in [0.15, 0.2) is 0 Å². The first-order valence-corrected chi connectivity index (χ1v) is 11.3. The maximum Gasteiger partial charge on any atom is 0.253 e. The van der Waals surface area contributed by atoms with Gasteiger partial charge in [0, 0.05) is 48.8 Å². The van der Waals surface area contributed by atoms with Crippen molar-refractivity contribution in [3.05, 3.63) is 71.3 Å².